The Morgan fingerprint density at radius 2 is 2.00 bits per heavy atom. The molecule has 0 bridgehead atoms. The van der Waals surface area contributed by atoms with Gasteiger partial charge in [-0.1, -0.05) is 23.9 Å². The second-order valence-corrected chi connectivity index (χ2v) is 7.33. The first-order chi connectivity index (χ1) is 11.5. The van der Waals surface area contributed by atoms with Gasteiger partial charge in [-0.05, 0) is 38.8 Å². The van der Waals surface area contributed by atoms with Gasteiger partial charge in [-0.15, -0.1) is 10.2 Å². The molecule has 2 aromatic rings. The van der Waals surface area contributed by atoms with Crippen molar-refractivity contribution in [2.45, 2.75) is 43.0 Å². The number of aromatic nitrogens is 3. The van der Waals surface area contributed by atoms with E-state index in [2.05, 4.69) is 15.5 Å². The average Bonchev–Trinajstić information content (AvgIpc) is 3.33. The molecule has 1 aliphatic carbocycles. The predicted molar refractivity (Wildman–Crippen MR) is 93.4 cm³/mol. The maximum Gasteiger partial charge on any atom is 0.237 e. The maximum absolute atomic E-state index is 12.5. The fraction of sp³-hybridized carbons (Fsp3) is 0.412. The van der Waals surface area contributed by atoms with E-state index < -0.39 is 0 Å². The number of Topliss-reactive ketones (excluding diaryl/α,β-unsaturated/α-hetero) is 1. The molecule has 1 aliphatic rings. The van der Waals surface area contributed by atoms with E-state index in [-0.39, 0.29) is 16.9 Å². The number of ketones is 1. The van der Waals surface area contributed by atoms with E-state index in [0.29, 0.717) is 17.2 Å². The van der Waals surface area contributed by atoms with Crippen molar-refractivity contribution in [2.75, 3.05) is 5.32 Å². The van der Waals surface area contributed by atoms with E-state index in [1.165, 1.54) is 18.7 Å². The van der Waals surface area contributed by atoms with Gasteiger partial charge >= 0.3 is 0 Å². The van der Waals surface area contributed by atoms with Gasteiger partial charge in [-0.25, -0.2) is 0 Å². The van der Waals surface area contributed by atoms with Crippen molar-refractivity contribution < 1.29 is 9.59 Å². The Labute approximate surface area is 145 Å². The first kappa shape index (κ1) is 16.7. The van der Waals surface area contributed by atoms with Crippen LogP contribution in [-0.4, -0.2) is 31.7 Å². The van der Waals surface area contributed by atoms with Crippen LogP contribution in [0, 0.1) is 0 Å². The van der Waals surface area contributed by atoms with E-state index >= 15 is 0 Å². The van der Waals surface area contributed by atoms with Crippen LogP contribution < -0.4 is 5.32 Å². The lowest BCUT2D eigenvalue weighted by molar-refractivity contribution is -0.115. The SMILES string of the molecule is CC(=O)c1ccccc1NC(=O)[C@H](C)Sc1nnc(C2CC2)n1C. The zero-order valence-corrected chi connectivity index (χ0v) is 14.8. The van der Waals surface area contributed by atoms with Gasteiger partial charge in [0, 0.05) is 18.5 Å². The number of anilines is 1. The molecule has 24 heavy (non-hydrogen) atoms. The van der Waals surface area contributed by atoms with Gasteiger partial charge in [0.25, 0.3) is 0 Å². The lowest BCUT2D eigenvalue weighted by Crippen LogP contribution is -2.23. The molecule has 1 fully saturated rings. The number of carbonyl (C=O) groups is 2. The van der Waals surface area contributed by atoms with Crippen molar-refractivity contribution in [1.29, 1.82) is 0 Å². The van der Waals surface area contributed by atoms with E-state index in [1.807, 2.05) is 18.5 Å². The van der Waals surface area contributed by atoms with Crippen LogP contribution in [0.3, 0.4) is 0 Å². The number of nitrogens with zero attached hydrogens (tertiary/aromatic N) is 3. The topological polar surface area (TPSA) is 76.9 Å². The van der Waals surface area contributed by atoms with Crippen LogP contribution in [0.1, 0.15) is 48.8 Å². The molecular formula is C17H20N4O2S. The molecule has 1 aromatic carbocycles. The molecule has 126 valence electrons. The molecule has 0 aliphatic heterocycles. The molecule has 1 heterocycles. The Kier molecular flexibility index (Phi) is 4.71. The molecule has 0 unspecified atom stereocenters. The molecule has 1 saturated carbocycles. The van der Waals surface area contributed by atoms with Gasteiger partial charge < -0.3 is 9.88 Å². The Morgan fingerprint density at radius 3 is 2.67 bits per heavy atom. The van der Waals surface area contributed by atoms with Gasteiger partial charge in [0.15, 0.2) is 10.9 Å². The molecule has 1 atom stereocenters. The molecule has 1 aromatic heterocycles. The summed E-state index contributed by atoms with van der Waals surface area (Å²) in [5.41, 5.74) is 1.05. The number of para-hydroxylation sites is 1. The van der Waals surface area contributed by atoms with Crippen LogP contribution in [0.4, 0.5) is 5.69 Å². The normalized spacial score (nSPS) is 15.1. The molecule has 6 nitrogen and oxygen atoms in total. The van der Waals surface area contributed by atoms with E-state index in [9.17, 15) is 9.59 Å². The summed E-state index contributed by atoms with van der Waals surface area (Å²) in [7, 11) is 1.94. The smallest absolute Gasteiger partial charge is 0.237 e. The predicted octanol–water partition coefficient (Wildman–Crippen LogP) is 3.01. The van der Waals surface area contributed by atoms with E-state index in [1.54, 1.807) is 24.3 Å². The minimum atomic E-state index is -0.347. The maximum atomic E-state index is 12.5. The van der Waals surface area contributed by atoms with E-state index in [0.717, 1.165) is 23.8 Å². The molecule has 0 radical (unpaired) electrons. The number of hydrogen-bond acceptors (Lipinski definition) is 5. The average molecular weight is 344 g/mol. The molecule has 0 saturated heterocycles. The van der Waals surface area contributed by atoms with Crippen molar-refractivity contribution in [3.8, 4) is 0 Å². The number of hydrogen-bond donors (Lipinski definition) is 1. The third-order valence-electron chi connectivity index (χ3n) is 4.03. The largest absolute Gasteiger partial charge is 0.324 e. The lowest BCUT2D eigenvalue weighted by Gasteiger charge is -2.13. The van der Waals surface area contributed by atoms with Crippen molar-refractivity contribution in [2.24, 2.45) is 7.05 Å². The number of benzene rings is 1. The number of rotatable bonds is 6. The number of carbonyl (C=O) groups excluding carboxylic acids is 2. The standard InChI is InChI=1S/C17H20N4O2S/c1-10(22)13-6-4-5-7-14(13)18-16(23)11(2)24-17-20-19-15(21(17)3)12-8-9-12/h4-7,11-12H,8-9H2,1-3H3,(H,18,23)/t11-/m0/s1. The Balaban J connectivity index is 1.68. The van der Waals surface area contributed by atoms with Gasteiger partial charge in [0.05, 0.1) is 10.9 Å². The zero-order chi connectivity index (χ0) is 17.3. The summed E-state index contributed by atoms with van der Waals surface area (Å²) < 4.78 is 1.97. The quantitative estimate of drug-likeness (QED) is 0.644. The molecule has 0 spiro atoms. The Bertz CT molecular complexity index is 783. The minimum absolute atomic E-state index is 0.0754. The Hall–Kier alpha value is -2.15. The van der Waals surface area contributed by atoms with Gasteiger partial charge in [0.2, 0.25) is 5.91 Å². The summed E-state index contributed by atoms with van der Waals surface area (Å²) in [5.74, 6) is 1.27. The third-order valence-corrected chi connectivity index (χ3v) is 5.16. The van der Waals surface area contributed by atoms with Gasteiger partial charge in [-0.3, -0.25) is 9.59 Å². The van der Waals surface area contributed by atoms with Crippen molar-refractivity contribution >= 4 is 29.1 Å². The third kappa shape index (κ3) is 3.51. The van der Waals surface area contributed by atoms with Crippen LogP contribution >= 0.6 is 11.8 Å². The fourth-order valence-corrected chi connectivity index (χ4v) is 3.29. The minimum Gasteiger partial charge on any atom is -0.324 e. The monoisotopic (exact) mass is 344 g/mol. The summed E-state index contributed by atoms with van der Waals surface area (Å²) in [5, 5.41) is 11.6. The summed E-state index contributed by atoms with van der Waals surface area (Å²) >= 11 is 1.37. The molecule has 1 amide bonds. The van der Waals surface area contributed by atoms with Crippen LogP contribution in [-0.2, 0) is 11.8 Å². The highest BCUT2D eigenvalue weighted by atomic mass is 32.2. The van der Waals surface area contributed by atoms with E-state index in [4.69, 9.17) is 0 Å². The molecule has 1 N–H and O–H groups in total. The van der Waals surface area contributed by atoms with Crippen LogP contribution in [0.25, 0.3) is 0 Å². The second kappa shape index (κ2) is 6.76. The highest BCUT2D eigenvalue weighted by Crippen LogP contribution is 2.39. The number of thioether (sulfide) groups is 1. The molecule has 7 heteroatoms. The molecule has 3 rings (SSSR count). The lowest BCUT2D eigenvalue weighted by atomic mass is 10.1. The van der Waals surface area contributed by atoms with Crippen LogP contribution in [0.15, 0.2) is 29.4 Å². The van der Waals surface area contributed by atoms with Crippen LogP contribution in [0.2, 0.25) is 0 Å². The first-order valence-electron chi connectivity index (χ1n) is 7.94. The van der Waals surface area contributed by atoms with Crippen LogP contribution in [0.5, 0.6) is 0 Å². The first-order valence-corrected chi connectivity index (χ1v) is 8.82. The highest BCUT2D eigenvalue weighted by Gasteiger charge is 2.30. The van der Waals surface area contributed by atoms with Gasteiger partial charge in [-0.2, -0.15) is 0 Å². The summed E-state index contributed by atoms with van der Waals surface area (Å²) in [6.07, 6.45) is 2.32. The summed E-state index contributed by atoms with van der Waals surface area (Å²) in [6, 6.07) is 7.02. The van der Waals surface area contributed by atoms with Crippen molar-refractivity contribution in [3.63, 3.8) is 0 Å². The number of amides is 1. The van der Waals surface area contributed by atoms with Gasteiger partial charge in [0.1, 0.15) is 5.82 Å². The van der Waals surface area contributed by atoms with Crippen molar-refractivity contribution in [3.05, 3.63) is 35.7 Å². The zero-order valence-electron chi connectivity index (χ0n) is 13.9. The second-order valence-electron chi connectivity index (χ2n) is 6.03. The molecular weight excluding hydrogens is 324 g/mol. The summed E-state index contributed by atoms with van der Waals surface area (Å²) in [6.45, 7) is 3.31. The fourth-order valence-electron chi connectivity index (χ4n) is 2.47. The highest BCUT2D eigenvalue weighted by molar-refractivity contribution is 8.00. The summed E-state index contributed by atoms with van der Waals surface area (Å²) in [4.78, 5) is 24.1. The number of nitrogens with one attached hydrogen (secondary N) is 1. The Morgan fingerprint density at radius 1 is 1.29 bits per heavy atom. The van der Waals surface area contributed by atoms with Crippen molar-refractivity contribution in [1.82, 2.24) is 14.8 Å².